The Labute approximate surface area is 156 Å². The average Bonchev–Trinajstić information content (AvgIpc) is 3.02. The molecule has 9 heteroatoms. The summed E-state index contributed by atoms with van der Waals surface area (Å²) in [5.74, 6) is -4.94. The molecule has 0 aromatic heterocycles. The van der Waals surface area contributed by atoms with Gasteiger partial charge < -0.3 is 33.9 Å². The van der Waals surface area contributed by atoms with Gasteiger partial charge >= 0.3 is 11.9 Å². The van der Waals surface area contributed by atoms with Crippen molar-refractivity contribution in [3.05, 3.63) is 11.1 Å². The molecule has 2 N–H and O–H groups in total. The van der Waals surface area contributed by atoms with Crippen molar-refractivity contribution in [2.75, 3.05) is 13.7 Å². The van der Waals surface area contributed by atoms with Gasteiger partial charge in [-0.3, -0.25) is 4.79 Å². The molecule has 9 nitrogen and oxygen atoms in total. The third kappa shape index (κ3) is 2.29. The van der Waals surface area contributed by atoms with E-state index in [0.29, 0.717) is 6.42 Å². The Balaban J connectivity index is 1.95. The van der Waals surface area contributed by atoms with E-state index in [1.54, 1.807) is 13.8 Å². The molecule has 1 spiro atoms. The van der Waals surface area contributed by atoms with Crippen LogP contribution in [-0.4, -0.2) is 70.9 Å². The summed E-state index contributed by atoms with van der Waals surface area (Å²) in [7, 11) is 1.42. The van der Waals surface area contributed by atoms with Crippen LogP contribution in [0.1, 0.15) is 40.0 Å². The number of aliphatic hydroxyl groups is 2. The minimum Gasteiger partial charge on any atom is -0.458 e. The third-order valence-electron chi connectivity index (χ3n) is 6.19. The summed E-state index contributed by atoms with van der Waals surface area (Å²) in [6.45, 7) is 4.39. The summed E-state index contributed by atoms with van der Waals surface area (Å²) in [5.41, 5.74) is -2.24. The summed E-state index contributed by atoms with van der Waals surface area (Å²) >= 11 is 0. The number of carbonyl (C=O) groups excluding carboxylic acids is 2. The third-order valence-corrected chi connectivity index (χ3v) is 6.19. The van der Waals surface area contributed by atoms with Crippen LogP contribution in [-0.2, 0) is 33.3 Å². The van der Waals surface area contributed by atoms with Crippen molar-refractivity contribution in [2.24, 2.45) is 0 Å². The minimum atomic E-state index is -1.92. The van der Waals surface area contributed by atoms with Crippen LogP contribution in [0.3, 0.4) is 0 Å². The van der Waals surface area contributed by atoms with Crippen molar-refractivity contribution in [1.29, 1.82) is 0 Å². The lowest BCUT2D eigenvalue weighted by Crippen LogP contribution is -2.66. The Kier molecular flexibility index (Phi) is 3.84. The molecule has 3 saturated heterocycles. The molecule has 27 heavy (non-hydrogen) atoms. The van der Waals surface area contributed by atoms with Crippen LogP contribution < -0.4 is 0 Å². The first kappa shape index (κ1) is 18.8. The Hall–Kier alpha value is -1.52. The van der Waals surface area contributed by atoms with Gasteiger partial charge in [-0.05, 0) is 20.3 Å². The van der Waals surface area contributed by atoms with Gasteiger partial charge in [-0.25, -0.2) is 4.79 Å². The number of fused-ring (bicyclic) bond motifs is 4. The van der Waals surface area contributed by atoms with Crippen LogP contribution in [0.25, 0.3) is 0 Å². The van der Waals surface area contributed by atoms with Crippen LogP contribution in [0.15, 0.2) is 11.1 Å². The molecule has 6 atom stereocenters. The van der Waals surface area contributed by atoms with Gasteiger partial charge in [-0.15, -0.1) is 0 Å². The Morgan fingerprint density at radius 1 is 1.30 bits per heavy atom. The number of ether oxygens (including phenoxy) is 5. The second-order valence-corrected chi connectivity index (χ2v) is 8.12. The van der Waals surface area contributed by atoms with E-state index in [9.17, 15) is 19.8 Å². The van der Waals surface area contributed by atoms with Crippen LogP contribution in [0.2, 0.25) is 0 Å². The maximum atomic E-state index is 12.6. The molecule has 0 saturated carbocycles. The second-order valence-electron chi connectivity index (χ2n) is 8.12. The van der Waals surface area contributed by atoms with Crippen LogP contribution in [0.5, 0.6) is 0 Å². The number of aliphatic hydroxyl groups excluding tert-OH is 1. The zero-order valence-corrected chi connectivity index (χ0v) is 15.7. The minimum absolute atomic E-state index is 0.0345. The highest BCUT2D eigenvalue weighted by molar-refractivity contribution is 5.94. The molecule has 3 fully saturated rings. The summed E-state index contributed by atoms with van der Waals surface area (Å²) < 4.78 is 28.2. The zero-order valence-electron chi connectivity index (χ0n) is 15.7. The largest absolute Gasteiger partial charge is 0.458 e. The van der Waals surface area contributed by atoms with E-state index in [4.69, 9.17) is 23.7 Å². The summed E-state index contributed by atoms with van der Waals surface area (Å²) in [6, 6.07) is 0. The fourth-order valence-corrected chi connectivity index (χ4v) is 4.85. The molecule has 150 valence electrons. The highest BCUT2D eigenvalue weighted by Gasteiger charge is 2.76. The Bertz CT molecular complexity index is 747. The van der Waals surface area contributed by atoms with E-state index in [1.807, 2.05) is 0 Å². The zero-order chi connectivity index (χ0) is 19.8. The smallest absolute Gasteiger partial charge is 0.339 e. The highest BCUT2D eigenvalue weighted by atomic mass is 16.8. The van der Waals surface area contributed by atoms with Crippen molar-refractivity contribution in [3.63, 3.8) is 0 Å². The lowest BCUT2D eigenvalue weighted by atomic mass is 9.73. The number of carbonyl (C=O) groups is 2. The molecule has 4 aliphatic heterocycles. The SMILES string of the molecule is COCC1=C2[C@@H](OC(C)=O)C[C@]3(C)O[C@@]2(OC1=O)[C@H](O)[C@]1(C)CC[C@@]3(O)O1. The number of hydrogen-bond acceptors (Lipinski definition) is 9. The van der Waals surface area contributed by atoms with Crippen molar-refractivity contribution < 1.29 is 43.5 Å². The molecule has 0 radical (unpaired) electrons. The Morgan fingerprint density at radius 2 is 2.00 bits per heavy atom. The van der Waals surface area contributed by atoms with E-state index >= 15 is 0 Å². The van der Waals surface area contributed by atoms with Crippen molar-refractivity contribution in [2.45, 2.75) is 75.0 Å². The summed E-state index contributed by atoms with van der Waals surface area (Å²) in [5, 5.41) is 22.4. The molecule has 0 aromatic rings. The maximum Gasteiger partial charge on any atom is 0.339 e. The van der Waals surface area contributed by atoms with Crippen LogP contribution in [0.4, 0.5) is 0 Å². The lowest BCUT2D eigenvalue weighted by molar-refractivity contribution is -0.349. The van der Waals surface area contributed by atoms with E-state index in [1.165, 1.54) is 14.0 Å². The van der Waals surface area contributed by atoms with Gasteiger partial charge in [0.15, 0.2) is 11.9 Å². The van der Waals surface area contributed by atoms with Crippen LogP contribution >= 0.6 is 0 Å². The van der Waals surface area contributed by atoms with Crippen molar-refractivity contribution >= 4 is 11.9 Å². The van der Waals surface area contributed by atoms with Gasteiger partial charge in [0, 0.05) is 26.9 Å². The fourth-order valence-electron chi connectivity index (χ4n) is 4.85. The standard InChI is InChI=1S/C18H24O9/c1-9(19)24-11-7-16(3)17(22)6-5-15(2,26-17)14(21)18(27-16)12(11)10(8-23-4)13(20)25-18/h11,14,21-22H,5-8H2,1-4H3/t11-,14+,15-,16-,17+,18+/m0/s1. The molecule has 4 rings (SSSR count). The van der Waals surface area contributed by atoms with Gasteiger partial charge in [0.1, 0.15) is 17.3 Å². The van der Waals surface area contributed by atoms with Crippen LogP contribution in [0, 0.1) is 0 Å². The molecule has 4 aliphatic rings. The van der Waals surface area contributed by atoms with Gasteiger partial charge in [0.25, 0.3) is 5.79 Å². The number of rotatable bonds is 3. The molecule has 4 bridgehead atoms. The van der Waals surface area contributed by atoms with E-state index < -0.39 is 46.9 Å². The molecular formula is C18H24O9. The number of esters is 2. The summed E-state index contributed by atoms with van der Waals surface area (Å²) in [4.78, 5) is 24.4. The monoisotopic (exact) mass is 384 g/mol. The first-order valence-corrected chi connectivity index (χ1v) is 8.94. The molecule has 0 aromatic carbocycles. The van der Waals surface area contributed by atoms with Crippen molar-refractivity contribution in [3.8, 4) is 0 Å². The molecule has 4 heterocycles. The molecule has 0 amide bonds. The van der Waals surface area contributed by atoms with Gasteiger partial charge in [0.05, 0.1) is 17.8 Å². The van der Waals surface area contributed by atoms with Crippen molar-refractivity contribution in [1.82, 2.24) is 0 Å². The average molecular weight is 384 g/mol. The van der Waals surface area contributed by atoms with Gasteiger partial charge in [-0.1, -0.05) is 0 Å². The van der Waals surface area contributed by atoms with E-state index in [2.05, 4.69) is 0 Å². The maximum absolute atomic E-state index is 12.6. The lowest BCUT2D eigenvalue weighted by Gasteiger charge is -2.51. The predicted octanol–water partition coefficient (Wildman–Crippen LogP) is -0.0746. The highest BCUT2D eigenvalue weighted by Crippen LogP contribution is 2.61. The van der Waals surface area contributed by atoms with E-state index in [0.717, 1.165) is 0 Å². The summed E-state index contributed by atoms with van der Waals surface area (Å²) in [6.07, 6.45) is -1.78. The molecule has 0 aliphatic carbocycles. The number of methoxy groups -OCH3 is 1. The Morgan fingerprint density at radius 3 is 2.63 bits per heavy atom. The fraction of sp³-hybridized carbons (Fsp3) is 0.778. The quantitative estimate of drug-likeness (QED) is 0.644. The van der Waals surface area contributed by atoms with E-state index in [-0.39, 0.29) is 30.6 Å². The van der Waals surface area contributed by atoms with Gasteiger partial charge in [-0.2, -0.15) is 0 Å². The molecular weight excluding hydrogens is 360 g/mol. The predicted molar refractivity (Wildman–Crippen MR) is 87.1 cm³/mol. The first-order chi connectivity index (χ1) is 12.5. The topological polar surface area (TPSA) is 121 Å². The second kappa shape index (κ2) is 5.51. The normalized spacial score (nSPS) is 48.1. The number of hydrogen-bond donors (Lipinski definition) is 2. The molecule has 0 unspecified atom stereocenters. The van der Waals surface area contributed by atoms with Gasteiger partial charge in [0.2, 0.25) is 0 Å². The first-order valence-electron chi connectivity index (χ1n) is 8.94.